The van der Waals surface area contributed by atoms with E-state index in [0.717, 1.165) is 0 Å². The molecule has 243 valence electrons. The second-order valence-electron chi connectivity index (χ2n) is 4.83. The molecule has 0 unspecified atom stereocenters. The zero-order chi connectivity index (χ0) is 21.3. The van der Waals surface area contributed by atoms with E-state index < -0.39 is 72.7 Å². The van der Waals surface area contributed by atoms with Gasteiger partial charge in [0.25, 0.3) is 0 Å². The summed E-state index contributed by atoms with van der Waals surface area (Å²) in [7, 11) is 0. The minimum Gasteiger partial charge on any atom is -0.550 e. The van der Waals surface area contributed by atoms with Crippen LogP contribution in [0.1, 0.15) is 25.7 Å². The van der Waals surface area contributed by atoms with E-state index in [1.165, 1.54) is 0 Å². The zero-order valence-corrected chi connectivity index (χ0v) is 22.3. The van der Waals surface area contributed by atoms with E-state index in [4.69, 9.17) is 10.2 Å². The number of aliphatic carboxylic acids is 6. The fraction of sp³-hybridized carbons (Fsp3) is 0.500. The molecule has 0 rings (SSSR count). The fourth-order valence-electron chi connectivity index (χ4n) is 1.37. The van der Waals surface area contributed by atoms with Gasteiger partial charge in [0.05, 0.1) is 11.9 Å². The summed E-state index contributed by atoms with van der Waals surface area (Å²) < 4.78 is 0. The molecule has 0 aromatic carbocycles. The Morgan fingerprint density at radius 1 is 0.385 bits per heavy atom. The number of carboxylic acids is 6. The van der Waals surface area contributed by atoms with Crippen LogP contribution in [0.4, 0.5) is 0 Å². The van der Waals surface area contributed by atoms with Gasteiger partial charge in [0.2, 0.25) is 0 Å². The largest absolute Gasteiger partial charge is 2.00 e. The predicted octanol–water partition coefficient (Wildman–Crippen LogP) is -18.8. The van der Waals surface area contributed by atoms with Gasteiger partial charge in [0, 0.05) is 49.6 Å². The number of carbonyl (C=O) groups is 6. The van der Waals surface area contributed by atoms with Gasteiger partial charge >= 0.3 is 51.2 Å². The Morgan fingerprint density at radius 2 is 0.487 bits per heavy atom. The van der Waals surface area contributed by atoms with E-state index in [1.54, 1.807) is 0 Å². The molecule has 0 bridgehead atoms. The summed E-state index contributed by atoms with van der Waals surface area (Å²) in [5, 5.41) is 77.9. The first-order valence-corrected chi connectivity index (χ1v) is 6.23. The van der Waals surface area contributed by atoms with Crippen LogP contribution in [0, 0.1) is 0 Å². The molecular formula is C12H30Mn3O24. The summed E-state index contributed by atoms with van der Waals surface area (Å²) in [6, 6.07) is 0. The van der Waals surface area contributed by atoms with Gasteiger partial charge in [-0.3, -0.25) is 0 Å². The average Bonchev–Trinajstić information content (AvgIpc) is 2.34. The van der Waals surface area contributed by atoms with E-state index in [1.807, 2.05) is 0 Å². The summed E-state index contributed by atoms with van der Waals surface area (Å²) in [5.41, 5.74) is -5.95. The van der Waals surface area contributed by atoms with Crippen LogP contribution in [-0.2, 0) is 80.0 Å². The van der Waals surface area contributed by atoms with Crippen molar-refractivity contribution in [3.05, 3.63) is 0 Å². The zero-order valence-electron chi connectivity index (χ0n) is 18.8. The maximum absolute atomic E-state index is 10.1. The quantitative estimate of drug-likeness (QED) is 0.198. The maximum Gasteiger partial charge on any atom is 2.00 e. The molecule has 0 atom stereocenters. The number of aliphatic hydroxyl groups is 2. The maximum atomic E-state index is 10.1. The van der Waals surface area contributed by atoms with Crippen LogP contribution in [0.15, 0.2) is 0 Å². The van der Waals surface area contributed by atoms with Crippen LogP contribution < -0.4 is 30.6 Å². The van der Waals surface area contributed by atoms with E-state index in [2.05, 4.69) is 0 Å². The van der Waals surface area contributed by atoms with Crippen molar-refractivity contribution in [1.29, 1.82) is 0 Å². The van der Waals surface area contributed by atoms with Gasteiger partial charge in [0.15, 0.2) is 0 Å². The second-order valence-corrected chi connectivity index (χ2v) is 4.83. The van der Waals surface area contributed by atoms with Crippen molar-refractivity contribution in [3.8, 4) is 0 Å². The van der Waals surface area contributed by atoms with E-state index in [-0.39, 0.29) is 106 Å². The number of hydrogen-bond donors (Lipinski definition) is 2. The summed E-state index contributed by atoms with van der Waals surface area (Å²) >= 11 is 0. The molecule has 0 heterocycles. The van der Waals surface area contributed by atoms with Crippen LogP contribution in [0.3, 0.4) is 0 Å². The van der Waals surface area contributed by atoms with E-state index >= 15 is 0 Å². The van der Waals surface area contributed by atoms with Crippen molar-refractivity contribution in [3.63, 3.8) is 0 Å². The van der Waals surface area contributed by atoms with Crippen LogP contribution in [0.5, 0.6) is 0 Å². The summed E-state index contributed by atoms with van der Waals surface area (Å²) in [6.45, 7) is 0. The minimum atomic E-state index is -2.97. The molecule has 0 saturated carbocycles. The van der Waals surface area contributed by atoms with Gasteiger partial charge in [-0.15, -0.1) is 0 Å². The summed E-state index contributed by atoms with van der Waals surface area (Å²) in [4.78, 5) is 60.0. The summed E-state index contributed by atoms with van der Waals surface area (Å²) in [5.74, 6) is -12.0. The van der Waals surface area contributed by atoms with Gasteiger partial charge < -0.3 is 124 Å². The van der Waals surface area contributed by atoms with E-state index in [9.17, 15) is 59.4 Å². The Bertz CT molecular complexity index is 529. The third-order valence-corrected chi connectivity index (χ3v) is 2.51. The molecule has 0 aromatic heterocycles. The molecule has 3 radical (unpaired) electrons. The third-order valence-electron chi connectivity index (χ3n) is 2.51. The molecule has 0 aliphatic rings. The van der Waals surface area contributed by atoms with Crippen molar-refractivity contribution in [2.24, 2.45) is 0 Å². The molecule has 0 saturated heterocycles. The van der Waals surface area contributed by atoms with Crippen molar-refractivity contribution >= 4 is 35.8 Å². The van der Waals surface area contributed by atoms with Gasteiger partial charge in [-0.1, -0.05) is 0 Å². The molecule has 0 aromatic rings. The number of rotatable bonds is 10. The standard InChI is InChI=1S/2C6H8O7.3Mn.10H2O/c2*7-3(8)1-6(13,5(11)12)2-4(9)10;;;;;;;;;;;;;/h2*13H,1-2H2,(H,7,8)(H,9,10)(H,11,12);;;;10*1H2/q;;3*+2;;;;;;;;;;/p-6. The topological polar surface area (TPSA) is 596 Å². The number of carboxylic acid groups (broad SMARTS) is 6. The average molecular weight is 723 g/mol. The van der Waals surface area contributed by atoms with Gasteiger partial charge in [-0.25, -0.2) is 0 Å². The van der Waals surface area contributed by atoms with Crippen LogP contribution in [0.25, 0.3) is 0 Å². The molecule has 0 aliphatic heterocycles. The molecule has 39 heavy (non-hydrogen) atoms. The monoisotopic (exact) mass is 723 g/mol. The van der Waals surface area contributed by atoms with Gasteiger partial charge in [-0.2, -0.15) is 0 Å². The number of carbonyl (C=O) groups excluding carboxylic acids is 6. The second kappa shape index (κ2) is 43.0. The first-order chi connectivity index (χ1) is 11.6. The van der Waals surface area contributed by atoms with Crippen LogP contribution in [0.2, 0.25) is 0 Å². The minimum absolute atomic E-state index is 0. The Kier molecular flexibility index (Phi) is 109. The normalized spacial score (nSPS) is 7.23. The van der Waals surface area contributed by atoms with Crippen molar-refractivity contribution in [1.82, 2.24) is 0 Å². The number of hydrogen-bond acceptors (Lipinski definition) is 14. The molecule has 0 fully saturated rings. The van der Waals surface area contributed by atoms with Crippen molar-refractivity contribution < 1.29 is 176 Å². The summed E-state index contributed by atoms with van der Waals surface area (Å²) in [6.07, 6.45) is -5.43. The molecule has 24 nitrogen and oxygen atoms in total. The SMILES string of the molecule is O.O.O.O.O.O.O.O.O.O.O=C([O-])CC(O)(CC(=O)[O-])C(=O)[O-].O=C([O-])CC(O)(CC(=O)[O-])C(=O)[O-].[Mn+2].[Mn+2].[Mn+2]. The van der Waals surface area contributed by atoms with Crippen molar-refractivity contribution in [2.75, 3.05) is 0 Å². The first kappa shape index (κ1) is 99.2. The predicted molar refractivity (Wildman–Crippen MR) is 94.5 cm³/mol. The smallest absolute Gasteiger partial charge is 0.550 e. The molecule has 22 N–H and O–H groups in total. The Balaban J connectivity index is -0.0000000170. The Labute approximate surface area is 248 Å². The van der Waals surface area contributed by atoms with Crippen LogP contribution in [-0.4, -0.2) is 112 Å². The Morgan fingerprint density at radius 3 is 0.538 bits per heavy atom. The molecule has 0 spiro atoms. The van der Waals surface area contributed by atoms with Gasteiger partial charge in [-0.05, 0) is 0 Å². The fourth-order valence-corrected chi connectivity index (χ4v) is 1.37. The van der Waals surface area contributed by atoms with E-state index in [0.29, 0.717) is 0 Å². The molecule has 0 aliphatic carbocycles. The molecule has 27 heteroatoms. The van der Waals surface area contributed by atoms with Crippen LogP contribution >= 0.6 is 0 Å². The Hall–Kier alpha value is -2.10. The third kappa shape index (κ3) is 46.1. The molecular weight excluding hydrogens is 693 g/mol. The van der Waals surface area contributed by atoms with Crippen molar-refractivity contribution in [2.45, 2.75) is 36.9 Å². The first-order valence-electron chi connectivity index (χ1n) is 6.23. The van der Waals surface area contributed by atoms with Gasteiger partial charge in [0.1, 0.15) is 11.2 Å². The molecule has 0 amide bonds.